The quantitative estimate of drug-likeness (QED) is 0.399. The zero-order valence-corrected chi connectivity index (χ0v) is 17.3. The summed E-state index contributed by atoms with van der Waals surface area (Å²) in [4.78, 5) is 23.9. The molecule has 2 aromatic heterocycles. The van der Waals surface area contributed by atoms with Gasteiger partial charge in [-0.3, -0.25) is 9.36 Å². The third-order valence-electron chi connectivity index (χ3n) is 4.76. The Hall–Kier alpha value is -3.19. The van der Waals surface area contributed by atoms with E-state index in [1.165, 1.54) is 17.8 Å². The summed E-state index contributed by atoms with van der Waals surface area (Å²) in [5.41, 5.74) is 2.80. The van der Waals surface area contributed by atoms with Crippen LogP contribution in [0.1, 0.15) is 12.5 Å². The van der Waals surface area contributed by atoms with Gasteiger partial charge in [0.2, 0.25) is 5.91 Å². The molecule has 0 radical (unpaired) electrons. The number of hydrogen-bond donors (Lipinski definition) is 0. The Morgan fingerprint density at radius 2 is 1.83 bits per heavy atom. The van der Waals surface area contributed by atoms with Crippen LogP contribution in [-0.4, -0.2) is 27.0 Å². The molecule has 0 saturated carbocycles. The lowest BCUT2D eigenvalue weighted by Crippen LogP contribution is -2.33. The number of likely N-dealkylation sites (N-methyl/N-ethyl adjacent to an activating group) is 1. The first-order valence-corrected chi connectivity index (χ1v) is 10.7. The molecule has 0 aliphatic carbocycles. The Morgan fingerprint density at radius 1 is 1.07 bits per heavy atom. The van der Waals surface area contributed by atoms with E-state index < -0.39 is 0 Å². The average Bonchev–Trinajstić information content (AvgIpc) is 3.12. The second-order valence-electron chi connectivity index (χ2n) is 6.68. The lowest BCUT2D eigenvalue weighted by atomic mass is 10.2. The van der Waals surface area contributed by atoms with Crippen molar-refractivity contribution in [1.29, 1.82) is 0 Å². The van der Waals surface area contributed by atoms with Crippen LogP contribution in [0.3, 0.4) is 0 Å². The van der Waals surface area contributed by atoms with Gasteiger partial charge in [-0.2, -0.15) is 0 Å². The van der Waals surface area contributed by atoms with Gasteiger partial charge in [-0.25, -0.2) is 14.4 Å². The maximum Gasteiger partial charge on any atom is 0.247 e. The highest BCUT2D eigenvalue weighted by atomic mass is 32.2. The zero-order chi connectivity index (χ0) is 20.9. The zero-order valence-electron chi connectivity index (χ0n) is 16.5. The van der Waals surface area contributed by atoms with E-state index in [0.717, 1.165) is 5.69 Å². The Balaban J connectivity index is 1.63. The molecule has 7 heteroatoms. The molecule has 5 nitrogen and oxygen atoms in total. The molecule has 0 aliphatic rings. The van der Waals surface area contributed by atoms with Gasteiger partial charge in [-0.05, 0) is 42.8 Å². The Bertz CT molecular complexity index is 1160. The monoisotopic (exact) mass is 420 g/mol. The van der Waals surface area contributed by atoms with Crippen molar-refractivity contribution in [2.24, 2.45) is 0 Å². The fourth-order valence-corrected chi connectivity index (χ4v) is 4.27. The minimum absolute atomic E-state index is 0.0543. The highest BCUT2D eigenvalue weighted by molar-refractivity contribution is 7.98. The molecule has 4 rings (SSSR count). The number of fused-ring (bicyclic) bond motifs is 1. The molecule has 4 aromatic rings. The molecule has 2 aromatic carbocycles. The Morgan fingerprint density at radius 3 is 2.60 bits per heavy atom. The van der Waals surface area contributed by atoms with Gasteiger partial charge in [0.05, 0.1) is 0 Å². The molecule has 1 amide bonds. The number of anilines is 1. The van der Waals surface area contributed by atoms with Gasteiger partial charge in [0.1, 0.15) is 17.9 Å². The largest absolute Gasteiger partial charge is 0.311 e. The number of imidazole rings is 1. The number of carbonyl (C=O) groups is 1. The van der Waals surface area contributed by atoms with Gasteiger partial charge in [0.25, 0.3) is 0 Å². The minimum Gasteiger partial charge on any atom is -0.311 e. The third kappa shape index (κ3) is 4.21. The minimum atomic E-state index is -0.247. The van der Waals surface area contributed by atoms with E-state index in [-0.39, 0.29) is 18.3 Å². The molecule has 2 heterocycles. The van der Waals surface area contributed by atoms with Crippen molar-refractivity contribution >= 4 is 34.5 Å². The third-order valence-corrected chi connectivity index (χ3v) is 5.79. The number of amides is 1. The second-order valence-corrected chi connectivity index (χ2v) is 7.62. The molecule has 0 unspecified atom stereocenters. The van der Waals surface area contributed by atoms with E-state index in [9.17, 15) is 9.18 Å². The first kappa shape index (κ1) is 20.1. The number of aromatic nitrogens is 3. The van der Waals surface area contributed by atoms with E-state index in [1.807, 2.05) is 60.0 Å². The summed E-state index contributed by atoms with van der Waals surface area (Å²) in [7, 11) is 0. The molecule has 30 heavy (non-hydrogen) atoms. The van der Waals surface area contributed by atoms with E-state index >= 15 is 0 Å². The second kappa shape index (κ2) is 9.09. The highest BCUT2D eigenvalue weighted by Gasteiger charge is 2.20. The molecular weight excluding hydrogens is 399 g/mol. The molecule has 0 saturated heterocycles. The van der Waals surface area contributed by atoms with Crippen LogP contribution in [-0.2, 0) is 17.1 Å². The number of rotatable bonds is 7. The number of hydrogen-bond acceptors (Lipinski definition) is 4. The van der Waals surface area contributed by atoms with Crippen molar-refractivity contribution in [3.05, 3.63) is 84.3 Å². The van der Waals surface area contributed by atoms with E-state index in [2.05, 4.69) is 9.97 Å². The molecule has 152 valence electrons. The fourth-order valence-electron chi connectivity index (χ4n) is 3.28. The van der Waals surface area contributed by atoms with Crippen LogP contribution in [0, 0.1) is 5.82 Å². The van der Waals surface area contributed by atoms with Crippen molar-refractivity contribution < 1.29 is 9.18 Å². The number of pyridine rings is 1. The fraction of sp³-hybridized carbons (Fsp3) is 0.174. The van der Waals surface area contributed by atoms with Gasteiger partial charge in [-0.15, -0.1) is 0 Å². The maximum atomic E-state index is 14.0. The number of thioether (sulfide) groups is 1. The highest BCUT2D eigenvalue weighted by Crippen LogP contribution is 2.27. The smallest absolute Gasteiger partial charge is 0.247 e. The van der Waals surface area contributed by atoms with Crippen LogP contribution >= 0.6 is 11.8 Å². The first-order valence-electron chi connectivity index (χ1n) is 9.70. The molecule has 0 bridgehead atoms. The van der Waals surface area contributed by atoms with E-state index in [0.29, 0.717) is 34.2 Å². The molecule has 0 aliphatic heterocycles. The van der Waals surface area contributed by atoms with Gasteiger partial charge < -0.3 is 4.90 Å². The topological polar surface area (TPSA) is 51.0 Å². The number of nitrogens with zero attached hydrogens (tertiary/aromatic N) is 4. The van der Waals surface area contributed by atoms with Crippen molar-refractivity contribution in [3.8, 4) is 0 Å². The van der Waals surface area contributed by atoms with Crippen molar-refractivity contribution in [1.82, 2.24) is 14.5 Å². The summed E-state index contributed by atoms with van der Waals surface area (Å²) in [6.07, 6.45) is 1.69. The van der Waals surface area contributed by atoms with Crippen LogP contribution in [0.25, 0.3) is 11.2 Å². The SMILES string of the molecule is CCN(C(=O)Cn1c(SCc2ccccc2F)nc2cccnc21)c1ccccc1. The van der Waals surface area contributed by atoms with Gasteiger partial charge in [0, 0.05) is 24.2 Å². The lowest BCUT2D eigenvalue weighted by molar-refractivity contribution is -0.119. The predicted octanol–water partition coefficient (Wildman–Crippen LogP) is 4.92. The molecular formula is C23H21FN4OS. The van der Waals surface area contributed by atoms with E-state index in [4.69, 9.17) is 0 Å². The van der Waals surface area contributed by atoms with Crippen LogP contribution < -0.4 is 4.90 Å². The Kier molecular flexibility index (Phi) is 6.09. The number of benzene rings is 2. The van der Waals surface area contributed by atoms with Crippen molar-refractivity contribution in [2.45, 2.75) is 24.4 Å². The number of halogens is 1. The average molecular weight is 421 g/mol. The summed E-state index contributed by atoms with van der Waals surface area (Å²) >= 11 is 1.40. The van der Waals surface area contributed by atoms with Crippen molar-refractivity contribution in [3.63, 3.8) is 0 Å². The molecule has 0 fully saturated rings. The van der Waals surface area contributed by atoms with E-state index in [1.54, 1.807) is 23.2 Å². The summed E-state index contributed by atoms with van der Waals surface area (Å²) in [5, 5.41) is 0.643. The van der Waals surface area contributed by atoms with Gasteiger partial charge in [0.15, 0.2) is 10.8 Å². The summed E-state index contributed by atoms with van der Waals surface area (Å²) in [5.74, 6) is 0.116. The standard InChI is InChI=1S/C23H21FN4OS/c1-2-27(18-10-4-3-5-11-18)21(29)15-28-22-20(13-8-14-25-22)26-23(28)30-16-17-9-6-7-12-19(17)24/h3-14H,2,15-16H2,1H3. The van der Waals surface area contributed by atoms with Crippen molar-refractivity contribution in [2.75, 3.05) is 11.4 Å². The summed E-state index contributed by atoms with van der Waals surface area (Å²) in [6.45, 7) is 2.61. The van der Waals surface area contributed by atoms with Crippen LogP contribution in [0.15, 0.2) is 78.1 Å². The lowest BCUT2D eigenvalue weighted by Gasteiger charge is -2.21. The molecule has 0 atom stereocenters. The van der Waals surface area contributed by atoms with Gasteiger partial charge >= 0.3 is 0 Å². The van der Waals surface area contributed by atoms with Crippen LogP contribution in [0.2, 0.25) is 0 Å². The number of carbonyl (C=O) groups excluding carboxylic acids is 1. The summed E-state index contributed by atoms with van der Waals surface area (Å²) < 4.78 is 15.8. The molecule has 0 spiro atoms. The first-order chi connectivity index (χ1) is 14.7. The normalized spacial score (nSPS) is 11.0. The summed E-state index contributed by atoms with van der Waals surface area (Å²) in [6, 6.07) is 19.9. The maximum absolute atomic E-state index is 14.0. The molecule has 0 N–H and O–H groups in total. The van der Waals surface area contributed by atoms with Gasteiger partial charge in [-0.1, -0.05) is 48.2 Å². The number of para-hydroxylation sites is 1. The predicted molar refractivity (Wildman–Crippen MR) is 118 cm³/mol. The van der Waals surface area contributed by atoms with Crippen LogP contribution in [0.5, 0.6) is 0 Å². The van der Waals surface area contributed by atoms with Crippen LogP contribution in [0.4, 0.5) is 10.1 Å². The Labute approximate surface area is 178 Å².